The minimum absolute atomic E-state index is 0.0735. The fourth-order valence-electron chi connectivity index (χ4n) is 2.05. The third kappa shape index (κ3) is 5.11. The molecule has 0 bridgehead atoms. The van der Waals surface area contributed by atoms with Gasteiger partial charge in [-0.25, -0.2) is 0 Å². The van der Waals surface area contributed by atoms with Gasteiger partial charge in [-0.1, -0.05) is 19.3 Å². The molecule has 1 saturated carbocycles. The number of likely N-dealkylation sites (N-methyl/N-ethyl adjacent to an activating group) is 1. The number of carbonyl (C=O) groups is 2. The predicted octanol–water partition coefficient (Wildman–Crippen LogP) is 0.452. The maximum absolute atomic E-state index is 11.6. The molecule has 5 nitrogen and oxygen atoms in total. The zero-order chi connectivity index (χ0) is 12.0. The Bertz CT molecular complexity index is 250. The summed E-state index contributed by atoms with van der Waals surface area (Å²) in [6.07, 6.45) is 5.71. The van der Waals surface area contributed by atoms with Gasteiger partial charge in [-0.15, -0.1) is 0 Å². The lowest BCUT2D eigenvalue weighted by Crippen LogP contribution is -2.42. The second-order valence-electron chi connectivity index (χ2n) is 4.47. The predicted molar refractivity (Wildman–Crippen MR) is 60.1 cm³/mol. The molecule has 1 amide bonds. The third-order valence-corrected chi connectivity index (χ3v) is 2.79. The first-order valence-corrected chi connectivity index (χ1v) is 5.77. The van der Waals surface area contributed by atoms with Gasteiger partial charge in [0.25, 0.3) is 0 Å². The highest BCUT2D eigenvalue weighted by Crippen LogP contribution is 2.17. The van der Waals surface area contributed by atoms with E-state index < -0.39 is 5.97 Å². The summed E-state index contributed by atoms with van der Waals surface area (Å²) >= 11 is 0. The Morgan fingerprint density at radius 3 is 2.44 bits per heavy atom. The Hall–Kier alpha value is -1.10. The van der Waals surface area contributed by atoms with Gasteiger partial charge in [0, 0.05) is 6.04 Å². The Kier molecular flexibility index (Phi) is 5.25. The molecule has 1 rings (SSSR count). The van der Waals surface area contributed by atoms with Crippen LogP contribution in [-0.4, -0.2) is 48.1 Å². The highest BCUT2D eigenvalue weighted by molar-refractivity contribution is 5.79. The molecule has 0 heterocycles. The molecule has 5 heteroatoms. The molecule has 16 heavy (non-hydrogen) atoms. The highest BCUT2D eigenvalue weighted by atomic mass is 16.4. The van der Waals surface area contributed by atoms with Crippen molar-refractivity contribution in [1.29, 1.82) is 0 Å². The van der Waals surface area contributed by atoms with Crippen LogP contribution >= 0.6 is 0 Å². The average Bonchev–Trinajstić information content (AvgIpc) is 2.17. The van der Waals surface area contributed by atoms with Crippen molar-refractivity contribution in [2.75, 3.05) is 20.1 Å². The Balaban J connectivity index is 2.21. The summed E-state index contributed by atoms with van der Waals surface area (Å²) in [5.74, 6) is -0.983. The van der Waals surface area contributed by atoms with E-state index in [9.17, 15) is 9.59 Å². The molecule has 0 unspecified atom stereocenters. The molecule has 2 N–H and O–H groups in total. The van der Waals surface area contributed by atoms with Crippen LogP contribution in [0, 0.1) is 0 Å². The van der Waals surface area contributed by atoms with Gasteiger partial charge in [-0.3, -0.25) is 14.5 Å². The molecule has 0 aromatic heterocycles. The molecule has 0 aliphatic heterocycles. The fraction of sp³-hybridized carbons (Fsp3) is 0.818. The molecule has 1 aliphatic carbocycles. The molecular formula is C11H20N2O3. The third-order valence-electron chi connectivity index (χ3n) is 2.79. The number of amides is 1. The van der Waals surface area contributed by atoms with E-state index in [4.69, 9.17) is 5.11 Å². The van der Waals surface area contributed by atoms with Crippen LogP contribution in [0.25, 0.3) is 0 Å². The fourth-order valence-corrected chi connectivity index (χ4v) is 2.05. The molecule has 0 atom stereocenters. The van der Waals surface area contributed by atoms with Crippen molar-refractivity contribution < 1.29 is 14.7 Å². The van der Waals surface area contributed by atoms with E-state index in [1.54, 1.807) is 7.05 Å². The van der Waals surface area contributed by atoms with Crippen LogP contribution in [-0.2, 0) is 9.59 Å². The van der Waals surface area contributed by atoms with E-state index >= 15 is 0 Å². The SMILES string of the molecule is CN(CC(=O)O)CC(=O)NC1CCCCC1. The van der Waals surface area contributed by atoms with Gasteiger partial charge in [0.2, 0.25) is 5.91 Å². The Labute approximate surface area is 95.8 Å². The van der Waals surface area contributed by atoms with Crippen molar-refractivity contribution in [2.45, 2.75) is 38.1 Å². The molecule has 0 saturated heterocycles. The van der Waals surface area contributed by atoms with Crippen LogP contribution in [0.1, 0.15) is 32.1 Å². The minimum atomic E-state index is -0.909. The van der Waals surface area contributed by atoms with Crippen LogP contribution in [0.4, 0.5) is 0 Å². The van der Waals surface area contributed by atoms with Gasteiger partial charge in [-0.05, 0) is 19.9 Å². The van der Waals surface area contributed by atoms with Crippen molar-refractivity contribution in [2.24, 2.45) is 0 Å². The second kappa shape index (κ2) is 6.48. The van der Waals surface area contributed by atoms with Crippen LogP contribution in [0.3, 0.4) is 0 Å². The molecule has 0 radical (unpaired) electrons. The largest absolute Gasteiger partial charge is 0.480 e. The molecule has 0 aromatic rings. The summed E-state index contributed by atoms with van der Waals surface area (Å²) in [5, 5.41) is 11.5. The molecule has 1 aliphatic rings. The van der Waals surface area contributed by atoms with Gasteiger partial charge < -0.3 is 10.4 Å². The summed E-state index contributed by atoms with van der Waals surface area (Å²) < 4.78 is 0. The van der Waals surface area contributed by atoms with Crippen LogP contribution in [0.15, 0.2) is 0 Å². The van der Waals surface area contributed by atoms with Crippen molar-refractivity contribution in [3.05, 3.63) is 0 Å². The number of hydrogen-bond donors (Lipinski definition) is 2. The normalized spacial score (nSPS) is 17.4. The lowest BCUT2D eigenvalue weighted by atomic mass is 9.95. The van der Waals surface area contributed by atoms with Gasteiger partial charge in [0.1, 0.15) is 0 Å². The maximum Gasteiger partial charge on any atom is 0.317 e. The quantitative estimate of drug-likeness (QED) is 0.717. The van der Waals surface area contributed by atoms with E-state index in [0.717, 1.165) is 12.8 Å². The highest BCUT2D eigenvalue weighted by Gasteiger charge is 2.16. The number of nitrogens with one attached hydrogen (secondary N) is 1. The van der Waals surface area contributed by atoms with E-state index in [0.29, 0.717) is 6.04 Å². The van der Waals surface area contributed by atoms with Crippen molar-refractivity contribution in [1.82, 2.24) is 10.2 Å². The number of hydrogen-bond acceptors (Lipinski definition) is 3. The summed E-state index contributed by atoms with van der Waals surface area (Å²) in [7, 11) is 1.63. The topological polar surface area (TPSA) is 69.6 Å². The van der Waals surface area contributed by atoms with Gasteiger partial charge >= 0.3 is 5.97 Å². The Morgan fingerprint density at radius 1 is 1.25 bits per heavy atom. The molecular weight excluding hydrogens is 208 g/mol. The van der Waals surface area contributed by atoms with E-state index in [-0.39, 0.29) is 19.0 Å². The van der Waals surface area contributed by atoms with Gasteiger partial charge in [-0.2, -0.15) is 0 Å². The molecule has 1 fully saturated rings. The van der Waals surface area contributed by atoms with Crippen LogP contribution in [0.2, 0.25) is 0 Å². The molecule has 0 spiro atoms. The van der Waals surface area contributed by atoms with Crippen molar-refractivity contribution >= 4 is 11.9 Å². The van der Waals surface area contributed by atoms with Gasteiger partial charge in [0.15, 0.2) is 0 Å². The molecule has 0 aromatic carbocycles. The van der Waals surface area contributed by atoms with E-state index in [2.05, 4.69) is 5.32 Å². The Morgan fingerprint density at radius 2 is 1.88 bits per heavy atom. The maximum atomic E-state index is 11.6. The minimum Gasteiger partial charge on any atom is -0.480 e. The lowest BCUT2D eigenvalue weighted by molar-refractivity contribution is -0.138. The smallest absolute Gasteiger partial charge is 0.317 e. The summed E-state index contributed by atoms with van der Waals surface area (Å²) in [4.78, 5) is 23.5. The zero-order valence-corrected chi connectivity index (χ0v) is 9.74. The van der Waals surface area contributed by atoms with Gasteiger partial charge in [0.05, 0.1) is 13.1 Å². The number of carboxylic acid groups (broad SMARTS) is 1. The number of aliphatic carboxylic acids is 1. The van der Waals surface area contributed by atoms with E-state index in [1.165, 1.54) is 24.2 Å². The summed E-state index contributed by atoms with van der Waals surface area (Å²) in [5.41, 5.74) is 0. The van der Waals surface area contributed by atoms with Crippen molar-refractivity contribution in [3.8, 4) is 0 Å². The number of carboxylic acids is 1. The summed E-state index contributed by atoms with van der Waals surface area (Å²) in [6.45, 7) is 0.0564. The average molecular weight is 228 g/mol. The van der Waals surface area contributed by atoms with Crippen LogP contribution < -0.4 is 5.32 Å². The molecule has 92 valence electrons. The second-order valence-corrected chi connectivity index (χ2v) is 4.47. The first-order chi connectivity index (χ1) is 7.58. The van der Waals surface area contributed by atoms with E-state index in [1.807, 2.05) is 0 Å². The van der Waals surface area contributed by atoms with Crippen LogP contribution in [0.5, 0.6) is 0 Å². The first-order valence-electron chi connectivity index (χ1n) is 5.77. The number of nitrogens with zero attached hydrogens (tertiary/aromatic N) is 1. The monoisotopic (exact) mass is 228 g/mol. The standard InChI is InChI=1S/C11H20N2O3/c1-13(8-11(15)16)7-10(14)12-9-5-3-2-4-6-9/h9H,2-8H2,1H3,(H,12,14)(H,15,16). The number of carbonyl (C=O) groups excluding carboxylic acids is 1. The number of rotatable bonds is 5. The zero-order valence-electron chi connectivity index (χ0n) is 9.74. The van der Waals surface area contributed by atoms with Crippen molar-refractivity contribution in [3.63, 3.8) is 0 Å². The first kappa shape index (κ1) is 13.0. The summed E-state index contributed by atoms with van der Waals surface area (Å²) in [6, 6.07) is 0.291. The lowest BCUT2D eigenvalue weighted by Gasteiger charge is -2.23.